The van der Waals surface area contributed by atoms with Crippen molar-refractivity contribution in [2.75, 3.05) is 6.61 Å². The molecule has 0 spiro atoms. The highest BCUT2D eigenvalue weighted by Crippen LogP contribution is 2.15. The Balaban J connectivity index is 2.21. The molecule has 0 aliphatic carbocycles. The second-order valence-corrected chi connectivity index (χ2v) is 6.17. The molecule has 0 unspecified atom stereocenters. The van der Waals surface area contributed by atoms with Gasteiger partial charge in [-0.25, -0.2) is 14.2 Å². The first-order chi connectivity index (χ1) is 12.4. The van der Waals surface area contributed by atoms with Crippen LogP contribution in [-0.4, -0.2) is 25.3 Å². The van der Waals surface area contributed by atoms with Crippen molar-refractivity contribution in [2.24, 2.45) is 14.1 Å². The van der Waals surface area contributed by atoms with Gasteiger partial charge >= 0.3 is 5.69 Å². The van der Waals surface area contributed by atoms with Gasteiger partial charge in [0.1, 0.15) is 18.2 Å². The topological polar surface area (TPSA) is 71.1 Å². The van der Waals surface area contributed by atoms with Gasteiger partial charge in [0.25, 0.3) is 5.56 Å². The van der Waals surface area contributed by atoms with Crippen LogP contribution in [0.5, 0.6) is 0 Å². The third-order valence-electron chi connectivity index (χ3n) is 4.24. The first kappa shape index (κ1) is 18.1. The third-order valence-corrected chi connectivity index (χ3v) is 4.24. The normalized spacial score (nSPS) is 11.4. The van der Waals surface area contributed by atoms with E-state index in [-0.39, 0.29) is 19.0 Å². The Labute approximate surface area is 149 Å². The summed E-state index contributed by atoms with van der Waals surface area (Å²) in [6, 6.07) is 6.17. The van der Waals surface area contributed by atoms with Gasteiger partial charge in [0.2, 0.25) is 0 Å². The molecule has 0 bridgehead atoms. The monoisotopic (exact) mass is 360 g/mol. The molecule has 0 saturated carbocycles. The van der Waals surface area contributed by atoms with Crippen LogP contribution in [0.15, 0.2) is 33.9 Å². The van der Waals surface area contributed by atoms with Crippen molar-refractivity contribution in [3.63, 3.8) is 0 Å². The average Bonchev–Trinajstić information content (AvgIpc) is 2.97. The van der Waals surface area contributed by atoms with Gasteiger partial charge in [0.15, 0.2) is 11.2 Å². The zero-order chi connectivity index (χ0) is 18.8. The molecule has 138 valence electrons. The zero-order valence-electron chi connectivity index (χ0n) is 15.0. The fourth-order valence-corrected chi connectivity index (χ4v) is 2.90. The highest BCUT2D eigenvalue weighted by Gasteiger charge is 2.19. The van der Waals surface area contributed by atoms with E-state index >= 15 is 0 Å². The van der Waals surface area contributed by atoms with Crippen LogP contribution in [0.3, 0.4) is 0 Å². The van der Waals surface area contributed by atoms with Gasteiger partial charge in [0.05, 0.1) is 0 Å². The predicted molar refractivity (Wildman–Crippen MR) is 95.7 cm³/mol. The molecule has 0 N–H and O–H groups in total. The van der Waals surface area contributed by atoms with Crippen molar-refractivity contribution < 1.29 is 9.13 Å². The number of aryl methyl sites for hydroxylation is 1. The number of fused-ring (bicyclic) bond motifs is 1. The highest BCUT2D eigenvalue weighted by molar-refractivity contribution is 5.71. The molecule has 0 aliphatic heterocycles. The van der Waals surface area contributed by atoms with Crippen LogP contribution in [0.1, 0.15) is 24.7 Å². The molecule has 0 amide bonds. The fraction of sp³-hybridized carbons (Fsp3) is 0.389. The molecule has 2 aromatic heterocycles. The lowest BCUT2D eigenvalue weighted by Gasteiger charge is -2.10. The van der Waals surface area contributed by atoms with Crippen molar-refractivity contribution in [1.29, 1.82) is 0 Å². The van der Waals surface area contributed by atoms with Crippen LogP contribution in [-0.2, 0) is 32.0 Å². The zero-order valence-corrected chi connectivity index (χ0v) is 15.0. The van der Waals surface area contributed by atoms with Gasteiger partial charge in [-0.05, 0) is 24.1 Å². The van der Waals surface area contributed by atoms with E-state index in [0.717, 1.165) is 11.0 Å². The summed E-state index contributed by atoms with van der Waals surface area (Å²) in [4.78, 5) is 29.3. The fourth-order valence-electron chi connectivity index (χ4n) is 2.90. The number of ether oxygens (including phenoxy) is 1. The Kier molecular flexibility index (Phi) is 5.03. The van der Waals surface area contributed by atoms with Crippen LogP contribution >= 0.6 is 0 Å². The number of imidazole rings is 1. The molecule has 3 rings (SSSR count). The Morgan fingerprint density at radius 1 is 1.19 bits per heavy atom. The van der Waals surface area contributed by atoms with Crippen molar-refractivity contribution in [3.05, 3.63) is 62.3 Å². The van der Waals surface area contributed by atoms with E-state index in [2.05, 4.69) is 4.98 Å². The Morgan fingerprint density at radius 2 is 1.96 bits per heavy atom. The molecule has 0 fully saturated rings. The van der Waals surface area contributed by atoms with E-state index in [0.29, 0.717) is 29.2 Å². The maximum absolute atomic E-state index is 13.6. The average molecular weight is 360 g/mol. The first-order valence-electron chi connectivity index (χ1n) is 8.41. The molecule has 1 aromatic carbocycles. The minimum absolute atomic E-state index is 0.204. The second kappa shape index (κ2) is 7.25. The molecular weight excluding hydrogens is 339 g/mol. The summed E-state index contributed by atoms with van der Waals surface area (Å²) in [5, 5.41) is 0. The summed E-state index contributed by atoms with van der Waals surface area (Å²) in [7, 11) is 3.00. The molecule has 26 heavy (non-hydrogen) atoms. The highest BCUT2D eigenvalue weighted by atomic mass is 19.1. The minimum atomic E-state index is -0.445. The Bertz CT molecular complexity index is 1060. The number of benzene rings is 1. The number of halogens is 1. The number of nitrogens with zero attached hydrogens (tertiary/aromatic N) is 4. The molecule has 2 heterocycles. The first-order valence-corrected chi connectivity index (χ1v) is 8.41. The van der Waals surface area contributed by atoms with Crippen molar-refractivity contribution >= 4 is 11.2 Å². The van der Waals surface area contributed by atoms with Crippen molar-refractivity contribution in [1.82, 2.24) is 18.7 Å². The van der Waals surface area contributed by atoms with Gasteiger partial charge in [-0.3, -0.25) is 13.9 Å². The molecule has 3 aromatic rings. The Morgan fingerprint density at radius 3 is 2.65 bits per heavy atom. The van der Waals surface area contributed by atoms with E-state index in [4.69, 9.17) is 4.74 Å². The summed E-state index contributed by atoms with van der Waals surface area (Å²) in [5.41, 5.74) is 0.406. The number of hydrogen-bond donors (Lipinski definition) is 0. The maximum Gasteiger partial charge on any atom is 0.332 e. The van der Waals surface area contributed by atoms with Gasteiger partial charge < -0.3 is 9.30 Å². The third kappa shape index (κ3) is 3.20. The largest absolute Gasteiger partial charge is 0.374 e. The van der Waals surface area contributed by atoms with Gasteiger partial charge in [-0.1, -0.05) is 19.1 Å². The van der Waals surface area contributed by atoms with E-state index in [1.54, 1.807) is 23.7 Å². The summed E-state index contributed by atoms with van der Waals surface area (Å²) >= 11 is 0. The van der Waals surface area contributed by atoms with Crippen molar-refractivity contribution in [2.45, 2.75) is 26.5 Å². The number of aromatic nitrogens is 4. The lowest BCUT2D eigenvalue weighted by atomic mass is 10.2. The summed E-state index contributed by atoms with van der Waals surface area (Å²) < 4.78 is 23.2. The van der Waals surface area contributed by atoms with Crippen molar-refractivity contribution in [3.8, 4) is 0 Å². The molecule has 0 radical (unpaired) electrons. The summed E-state index contributed by atoms with van der Waals surface area (Å²) in [6.07, 6.45) is 0.852. The van der Waals surface area contributed by atoms with Gasteiger partial charge in [0, 0.05) is 27.2 Å². The van der Waals surface area contributed by atoms with Gasteiger partial charge in [-0.15, -0.1) is 0 Å². The summed E-state index contributed by atoms with van der Waals surface area (Å²) in [6.45, 7) is 3.01. The van der Waals surface area contributed by atoms with E-state index in [1.807, 2.05) is 6.92 Å². The smallest absolute Gasteiger partial charge is 0.332 e. The molecule has 0 saturated heterocycles. The summed E-state index contributed by atoms with van der Waals surface area (Å²) in [5.74, 6) is 0.173. The predicted octanol–water partition coefficient (Wildman–Crippen LogP) is 1.55. The molecule has 8 heteroatoms. The molecule has 0 atom stereocenters. The quantitative estimate of drug-likeness (QED) is 0.626. The van der Waals surface area contributed by atoms with Crippen LogP contribution in [0.2, 0.25) is 0 Å². The van der Waals surface area contributed by atoms with Crippen LogP contribution in [0.25, 0.3) is 11.2 Å². The van der Waals surface area contributed by atoms with E-state index < -0.39 is 11.2 Å². The molecule has 0 aliphatic rings. The lowest BCUT2D eigenvalue weighted by Crippen LogP contribution is -2.37. The SMILES string of the molecule is CCCOCc1nc2c(c(=O)n(C)c(=O)n2C)n1Cc1cccc(F)c1. The van der Waals surface area contributed by atoms with E-state index in [1.165, 1.54) is 23.7 Å². The van der Waals surface area contributed by atoms with Crippen LogP contribution < -0.4 is 11.2 Å². The minimum Gasteiger partial charge on any atom is -0.374 e. The second-order valence-electron chi connectivity index (χ2n) is 6.17. The van der Waals surface area contributed by atoms with E-state index in [9.17, 15) is 14.0 Å². The van der Waals surface area contributed by atoms with Gasteiger partial charge in [-0.2, -0.15) is 0 Å². The molecular formula is C18H21FN4O3. The number of rotatable bonds is 6. The van der Waals surface area contributed by atoms with Crippen LogP contribution in [0.4, 0.5) is 4.39 Å². The molecule has 7 nitrogen and oxygen atoms in total. The Hall–Kier alpha value is -2.74. The lowest BCUT2D eigenvalue weighted by molar-refractivity contribution is 0.114. The van der Waals surface area contributed by atoms with Crippen LogP contribution in [0, 0.1) is 5.82 Å². The standard InChI is InChI=1S/C18H21FN4O3/c1-4-8-26-11-14-20-16-15(17(24)22(3)18(25)21(16)2)23(14)10-12-6-5-7-13(19)9-12/h5-7,9H,4,8,10-11H2,1-3H3. The maximum atomic E-state index is 13.6. The number of hydrogen-bond acceptors (Lipinski definition) is 4.